The summed E-state index contributed by atoms with van der Waals surface area (Å²) >= 11 is 0. The second-order valence-corrected chi connectivity index (χ2v) is 4.16. The van der Waals surface area contributed by atoms with E-state index >= 15 is 0 Å². The van der Waals surface area contributed by atoms with Gasteiger partial charge in [-0.1, -0.05) is 0 Å². The van der Waals surface area contributed by atoms with Gasteiger partial charge in [-0.05, 0) is 7.05 Å². The van der Waals surface area contributed by atoms with E-state index in [1.165, 1.54) is 6.20 Å². The van der Waals surface area contributed by atoms with Crippen LogP contribution in [0.2, 0.25) is 0 Å². The standard InChI is InChI=1S/C10H16N4O2/c1-13(7-3-11-4-7)6-9-8(10(15)16)5-12-14(9)2/h5,7,11H,3-4,6H2,1-2H3,(H,15,16). The molecule has 0 bridgehead atoms. The number of carboxylic acids is 1. The van der Waals surface area contributed by atoms with Crippen LogP contribution in [0.5, 0.6) is 0 Å². The fraction of sp³-hybridized carbons (Fsp3) is 0.600. The first kappa shape index (κ1) is 11.1. The first-order chi connectivity index (χ1) is 7.59. The van der Waals surface area contributed by atoms with E-state index in [0.717, 1.165) is 18.8 Å². The molecule has 2 heterocycles. The zero-order valence-corrected chi connectivity index (χ0v) is 9.47. The highest BCUT2D eigenvalue weighted by molar-refractivity contribution is 5.88. The van der Waals surface area contributed by atoms with Gasteiger partial charge < -0.3 is 10.4 Å². The van der Waals surface area contributed by atoms with Crippen LogP contribution in [0.15, 0.2) is 6.20 Å². The highest BCUT2D eigenvalue weighted by atomic mass is 16.4. The van der Waals surface area contributed by atoms with Gasteiger partial charge in [-0.25, -0.2) is 4.79 Å². The van der Waals surface area contributed by atoms with Crippen LogP contribution in [-0.2, 0) is 13.6 Å². The summed E-state index contributed by atoms with van der Waals surface area (Å²) in [6.07, 6.45) is 1.41. The molecule has 0 saturated carbocycles. The molecule has 1 saturated heterocycles. The number of hydrogen-bond acceptors (Lipinski definition) is 4. The fourth-order valence-electron chi connectivity index (χ4n) is 1.78. The average Bonchev–Trinajstić information content (AvgIpc) is 2.45. The first-order valence-electron chi connectivity index (χ1n) is 5.24. The van der Waals surface area contributed by atoms with Gasteiger partial charge in [-0.15, -0.1) is 0 Å². The van der Waals surface area contributed by atoms with Crippen molar-refractivity contribution in [3.63, 3.8) is 0 Å². The lowest BCUT2D eigenvalue weighted by Gasteiger charge is -2.35. The third-order valence-corrected chi connectivity index (χ3v) is 3.07. The Morgan fingerprint density at radius 2 is 2.44 bits per heavy atom. The normalized spacial score (nSPS) is 16.4. The summed E-state index contributed by atoms with van der Waals surface area (Å²) in [5.41, 5.74) is 1.04. The van der Waals surface area contributed by atoms with Gasteiger partial charge in [-0.2, -0.15) is 5.10 Å². The summed E-state index contributed by atoms with van der Waals surface area (Å²) in [4.78, 5) is 13.1. The predicted molar refractivity (Wildman–Crippen MR) is 58.3 cm³/mol. The summed E-state index contributed by atoms with van der Waals surface area (Å²) in [5.74, 6) is -0.914. The number of nitrogens with one attached hydrogen (secondary N) is 1. The Kier molecular flexibility index (Phi) is 2.93. The average molecular weight is 224 g/mol. The second kappa shape index (κ2) is 4.23. The minimum atomic E-state index is -0.914. The summed E-state index contributed by atoms with van der Waals surface area (Å²) in [6, 6.07) is 0.497. The van der Waals surface area contributed by atoms with Crippen molar-refractivity contribution in [2.24, 2.45) is 7.05 Å². The van der Waals surface area contributed by atoms with E-state index in [1.54, 1.807) is 11.7 Å². The van der Waals surface area contributed by atoms with Crippen molar-refractivity contribution in [2.45, 2.75) is 12.6 Å². The topological polar surface area (TPSA) is 70.4 Å². The fourth-order valence-corrected chi connectivity index (χ4v) is 1.78. The number of aromatic carboxylic acids is 1. The minimum absolute atomic E-state index is 0.293. The zero-order chi connectivity index (χ0) is 11.7. The van der Waals surface area contributed by atoms with Crippen molar-refractivity contribution < 1.29 is 9.90 Å². The molecule has 88 valence electrons. The van der Waals surface area contributed by atoms with Gasteiger partial charge in [0.05, 0.1) is 11.9 Å². The molecule has 0 aromatic carbocycles. The Hall–Kier alpha value is -1.40. The van der Waals surface area contributed by atoms with Crippen LogP contribution in [0.3, 0.4) is 0 Å². The first-order valence-corrected chi connectivity index (χ1v) is 5.24. The van der Waals surface area contributed by atoms with Crippen molar-refractivity contribution in [3.8, 4) is 0 Å². The number of rotatable bonds is 4. The Bertz CT molecular complexity index is 398. The van der Waals surface area contributed by atoms with E-state index in [0.29, 0.717) is 18.2 Å². The molecule has 0 unspecified atom stereocenters. The highest BCUT2D eigenvalue weighted by Crippen LogP contribution is 2.13. The van der Waals surface area contributed by atoms with Crippen molar-refractivity contribution in [1.82, 2.24) is 20.0 Å². The van der Waals surface area contributed by atoms with E-state index < -0.39 is 5.97 Å². The van der Waals surface area contributed by atoms with Gasteiger partial charge in [0, 0.05) is 32.7 Å². The van der Waals surface area contributed by atoms with Gasteiger partial charge in [0.25, 0.3) is 0 Å². The largest absolute Gasteiger partial charge is 0.478 e. The molecule has 1 aromatic rings. The lowest BCUT2D eigenvalue weighted by molar-refractivity contribution is 0.0693. The van der Waals surface area contributed by atoms with Crippen LogP contribution in [0.4, 0.5) is 0 Å². The Labute approximate surface area is 93.9 Å². The van der Waals surface area contributed by atoms with Gasteiger partial charge in [0.2, 0.25) is 0 Å². The van der Waals surface area contributed by atoms with Gasteiger partial charge in [0.15, 0.2) is 0 Å². The molecule has 1 aliphatic heterocycles. The summed E-state index contributed by atoms with van der Waals surface area (Å²) in [5, 5.41) is 16.2. The summed E-state index contributed by atoms with van der Waals surface area (Å²) in [7, 11) is 3.78. The van der Waals surface area contributed by atoms with Crippen molar-refractivity contribution in [3.05, 3.63) is 17.5 Å². The quantitative estimate of drug-likeness (QED) is 0.723. The third kappa shape index (κ3) is 1.94. The van der Waals surface area contributed by atoms with Crippen molar-refractivity contribution >= 4 is 5.97 Å². The molecule has 0 aliphatic carbocycles. The molecule has 2 N–H and O–H groups in total. The molecule has 1 fully saturated rings. The summed E-state index contributed by atoms with van der Waals surface area (Å²) in [6.45, 7) is 2.55. The van der Waals surface area contributed by atoms with Crippen LogP contribution in [0.1, 0.15) is 16.1 Å². The molecular formula is C10H16N4O2. The lowest BCUT2D eigenvalue weighted by Crippen LogP contribution is -2.55. The number of aromatic nitrogens is 2. The SMILES string of the molecule is CN(Cc1c(C(=O)O)cnn1C)C1CNC1. The van der Waals surface area contributed by atoms with Gasteiger partial charge >= 0.3 is 5.97 Å². The number of nitrogens with zero attached hydrogens (tertiary/aromatic N) is 3. The summed E-state index contributed by atoms with van der Waals surface area (Å²) < 4.78 is 1.63. The lowest BCUT2D eigenvalue weighted by atomic mass is 10.1. The molecule has 2 rings (SSSR count). The van der Waals surface area contributed by atoms with Crippen LogP contribution >= 0.6 is 0 Å². The molecule has 0 spiro atoms. The van der Waals surface area contributed by atoms with E-state index in [2.05, 4.69) is 15.3 Å². The molecular weight excluding hydrogens is 208 g/mol. The predicted octanol–water partition coefficient (Wildman–Crippen LogP) is -0.478. The second-order valence-electron chi connectivity index (χ2n) is 4.16. The maximum Gasteiger partial charge on any atom is 0.339 e. The maximum atomic E-state index is 11.0. The Balaban J connectivity index is 2.12. The van der Waals surface area contributed by atoms with Gasteiger partial charge in [0.1, 0.15) is 5.56 Å². The van der Waals surface area contributed by atoms with E-state index in [4.69, 9.17) is 5.11 Å². The number of carbonyl (C=O) groups is 1. The van der Waals surface area contributed by atoms with Gasteiger partial charge in [-0.3, -0.25) is 9.58 Å². The van der Waals surface area contributed by atoms with E-state index in [1.807, 2.05) is 7.05 Å². The van der Waals surface area contributed by atoms with E-state index in [-0.39, 0.29) is 0 Å². The van der Waals surface area contributed by atoms with Crippen molar-refractivity contribution in [2.75, 3.05) is 20.1 Å². The molecule has 0 radical (unpaired) electrons. The monoisotopic (exact) mass is 224 g/mol. The smallest absolute Gasteiger partial charge is 0.339 e. The molecule has 16 heavy (non-hydrogen) atoms. The maximum absolute atomic E-state index is 11.0. The van der Waals surface area contributed by atoms with Crippen LogP contribution in [-0.4, -0.2) is 51.9 Å². The molecule has 1 aliphatic rings. The molecule has 0 amide bonds. The number of carboxylic acid groups (broad SMARTS) is 1. The highest BCUT2D eigenvalue weighted by Gasteiger charge is 2.24. The number of hydrogen-bond donors (Lipinski definition) is 2. The zero-order valence-electron chi connectivity index (χ0n) is 9.47. The Morgan fingerprint density at radius 3 is 2.94 bits per heavy atom. The molecule has 0 atom stereocenters. The number of aryl methyl sites for hydroxylation is 1. The molecule has 1 aromatic heterocycles. The molecule has 6 nitrogen and oxygen atoms in total. The van der Waals surface area contributed by atoms with Crippen molar-refractivity contribution in [1.29, 1.82) is 0 Å². The molecule has 6 heteroatoms. The van der Waals surface area contributed by atoms with E-state index in [9.17, 15) is 4.79 Å². The van der Waals surface area contributed by atoms with Crippen LogP contribution < -0.4 is 5.32 Å². The third-order valence-electron chi connectivity index (χ3n) is 3.07. The van der Waals surface area contributed by atoms with Crippen LogP contribution in [0.25, 0.3) is 0 Å². The number of likely N-dealkylation sites (N-methyl/N-ethyl adjacent to an activating group) is 1. The Morgan fingerprint density at radius 1 is 1.75 bits per heavy atom. The van der Waals surface area contributed by atoms with Crippen LogP contribution in [0, 0.1) is 0 Å². The minimum Gasteiger partial charge on any atom is -0.478 e.